The SMILES string of the molecule is C[C@@H](N[C@H](c1ccccc1)P(=O)(c1ccccc1)c1ccccc1)C(=O)OCc1ccccc1. The lowest BCUT2D eigenvalue weighted by Crippen LogP contribution is -2.40. The van der Waals surface area contributed by atoms with Crippen LogP contribution in [0.2, 0.25) is 0 Å². The highest BCUT2D eigenvalue weighted by Crippen LogP contribution is 2.55. The first kappa shape index (κ1) is 23.7. The van der Waals surface area contributed by atoms with E-state index in [-0.39, 0.29) is 6.61 Å². The van der Waals surface area contributed by atoms with Crippen LogP contribution in [0.3, 0.4) is 0 Å². The molecule has 0 aromatic heterocycles. The summed E-state index contributed by atoms with van der Waals surface area (Å²) in [6.07, 6.45) is 0. The number of rotatable bonds is 9. The van der Waals surface area contributed by atoms with E-state index in [0.29, 0.717) is 0 Å². The lowest BCUT2D eigenvalue weighted by Gasteiger charge is -2.32. The Hall–Kier alpha value is -3.46. The van der Waals surface area contributed by atoms with Crippen molar-refractivity contribution in [3.05, 3.63) is 132 Å². The van der Waals surface area contributed by atoms with Gasteiger partial charge >= 0.3 is 5.97 Å². The molecule has 0 unspecified atom stereocenters. The summed E-state index contributed by atoms with van der Waals surface area (Å²) in [4.78, 5) is 12.9. The molecule has 0 heterocycles. The van der Waals surface area contributed by atoms with Crippen LogP contribution in [0.5, 0.6) is 0 Å². The van der Waals surface area contributed by atoms with Gasteiger partial charge in [-0.15, -0.1) is 0 Å². The highest BCUT2D eigenvalue weighted by Gasteiger charge is 2.39. The third-order valence-electron chi connectivity index (χ3n) is 5.74. The van der Waals surface area contributed by atoms with E-state index in [1.807, 2.05) is 121 Å². The van der Waals surface area contributed by atoms with Crippen molar-refractivity contribution in [2.75, 3.05) is 0 Å². The number of ether oxygens (including phenoxy) is 1. The van der Waals surface area contributed by atoms with Crippen LogP contribution in [0.1, 0.15) is 23.8 Å². The van der Waals surface area contributed by atoms with Crippen molar-refractivity contribution in [3.8, 4) is 0 Å². The molecule has 0 radical (unpaired) electrons. The minimum atomic E-state index is -3.25. The number of esters is 1. The Bertz CT molecular complexity index is 1190. The minimum absolute atomic E-state index is 0.191. The fourth-order valence-electron chi connectivity index (χ4n) is 3.95. The average Bonchev–Trinajstić information content (AvgIpc) is 2.92. The molecule has 4 nitrogen and oxygen atoms in total. The Morgan fingerprint density at radius 2 is 1.18 bits per heavy atom. The summed E-state index contributed by atoms with van der Waals surface area (Å²) in [6.45, 7) is 1.94. The predicted molar refractivity (Wildman–Crippen MR) is 138 cm³/mol. The van der Waals surface area contributed by atoms with Crippen LogP contribution in [0.25, 0.3) is 0 Å². The van der Waals surface area contributed by atoms with Gasteiger partial charge in [-0.25, -0.2) is 0 Å². The number of carbonyl (C=O) groups excluding carboxylic acids is 1. The molecule has 172 valence electrons. The summed E-state index contributed by atoms with van der Waals surface area (Å²) < 4.78 is 20.6. The molecule has 0 aliphatic carbocycles. The van der Waals surface area contributed by atoms with Gasteiger partial charge in [0.25, 0.3) is 0 Å². The molecule has 4 aromatic carbocycles. The molecule has 0 aliphatic rings. The van der Waals surface area contributed by atoms with E-state index in [4.69, 9.17) is 4.74 Å². The van der Waals surface area contributed by atoms with E-state index in [1.165, 1.54) is 0 Å². The third-order valence-corrected chi connectivity index (χ3v) is 9.05. The van der Waals surface area contributed by atoms with Gasteiger partial charge in [-0.05, 0) is 18.1 Å². The molecule has 4 rings (SSSR count). The van der Waals surface area contributed by atoms with E-state index in [0.717, 1.165) is 21.7 Å². The molecule has 0 spiro atoms. The zero-order chi connectivity index (χ0) is 23.8. The topological polar surface area (TPSA) is 55.4 Å². The van der Waals surface area contributed by atoms with Crippen LogP contribution in [-0.2, 0) is 20.7 Å². The Morgan fingerprint density at radius 3 is 1.68 bits per heavy atom. The Labute approximate surface area is 201 Å². The van der Waals surface area contributed by atoms with Gasteiger partial charge in [0.1, 0.15) is 12.6 Å². The molecule has 0 saturated carbocycles. The predicted octanol–water partition coefficient (Wildman–Crippen LogP) is 5.42. The van der Waals surface area contributed by atoms with E-state index in [1.54, 1.807) is 6.92 Å². The molecule has 34 heavy (non-hydrogen) atoms. The highest BCUT2D eigenvalue weighted by molar-refractivity contribution is 7.79. The minimum Gasteiger partial charge on any atom is -0.460 e. The van der Waals surface area contributed by atoms with Crippen LogP contribution in [-0.4, -0.2) is 12.0 Å². The third kappa shape index (κ3) is 5.36. The molecule has 0 saturated heterocycles. The van der Waals surface area contributed by atoms with Gasteiger partial charge in [-0.1, -0.05) is 121 Å². The van der Waals surface area contributed by atoms with Crippen LogP contribution in [0.15, 0.2) is 121 Å². The highest BCUT2D eigenvalue weighted by atomic mass is 31.2. The van der Waals surface area contributed by atoms with Crippen LogP contribution in [0.4, 0.5) is 0 Å². The maximum Gasteiger partial charge on any atom is 0.323 e. The van der Waals surface area contributed by atoms with Crippen molar-refractivity contribution in [3.63, 3.8) is 0 Å². The second-order valence-electron chi connectivity index (χ2n) is 8.12. The number of benzene rings is 4. The van der Waals surface area contributed by atoms with Crippen LogP contribution < -0.4 is 15.9 Å². The maximum absolute atomic E-state index is 15.0. The number of carbonyl (C=O) groups is 1. The van der Waals surface area contributed by atoms with Gasteiger partial charge in [0.15, 0.2) is 7.14 Å². The summed E-state index contributed by atoms with van der Waals surface area (Å²) in [5, 5.41) is 4.83. The van der Waals surface area contributed by atoms with Gasteiger partial charge in [-0.2, -0.15) is 0 Å². The van der Waals surface area contributed by atoms with Gasteiger partial charge in [0.05, 0.1) is 5.78 Å². The summed E-state index contributed by atoms with van der Waals surface area (Å²) in [5.74, 6) is -1.00. The van der Waals surface area contributed by atoms with Crippen molar-refractivity contribution < 1.29 is 14.1 Å². The quantitative estimate of drug-likeness (QED) is 0.263. The number of nitrogens with one attached hydrogen (secondary N) is 1. The van der Waals surface area contributed by atoms with Gasteiger partial charge in [0, 0.05) is 10.6 Å². The van der Waals surface area contributed by atoms with Crippen LogP contribution >= 0.6 is 7.14 Å². The van der Waals surface area contributed by atoms with Crippen molar-refractivity contribution >= 4 is 23.7 Å². The Morgan fingerprint density at radius 1 is 0.735 bits per heavy atom. The Kier molecular flexibility index (Phi) is 7.74. The molecule has 0 aliphatic heterocycles. The zero-order valence-electron chi connectivity index (χ0n) is 19.1. The van der Waals surface area contributed by atoms with Gasteiger partial charge in [-0.3, -0.25) is 10.1 Å². The van der Waals surface area contributed by atoms with Crippen molar-refractivity contribution in [1.82, 2.24) is 5.32 Å². The molecule has 4 aromatic rings. The van der Waals surface area contributed by atoms with Crippen LogP contribution in [0, 0.1) is 0 Å². The normalized spacial score (nSPS) is 13.1. The maximum atomic E-state index is 15.0. The fourth-order valence-corrected chi connectivity index (χ4v) is 7.10. The van der Waals surface area contributed by atoms with Crippen molar-refractivity contribution in [2.45, 2.75) is 25.4 Å². The molecule has 5 heteroatoms. The second-order valence-corrected chi connectivity index (χ2v) is 11.0. The first-order chi connectivity index (χ1) is 16.6. The molecule has 0 amide bonds. The number of hydrogen-bond acceptors (Lipinski definition) is 4. The van der Waals surface area contributed by atoms with E-state index >= 15 is 4.57 Å². The zero-order valence-corrected chi connectivity index (χ0v) is 20.0. The smallest absolute Gasteiger partial charge is 0.323 e. The molecular weight excluding hydrogens is 441 g/mol. The molecule has 2 atom stereocenters. The van der Waals surface area contributed by atoms with Crippen molar-refractivity contribution in [2.24, 2.45) is 0 Å². The first-order valence-corrected chi connectivity index (χ1v) is 13.1. The van der Waals surface area contributed by atoms with Gasteiger partial charge < -0.3 is 9.30 Å². The average molecular weight is 470 g/mol. The van der Waals surface area contributed by atoms with Gasteiger partial charge in [0.2, 0.25) is 0 Å². The largest absolute Gasteiger partial charge is 0.460 e. The monoisotopic (exact) mass is 469 g/mol. The molecule has 1 N–H and O–H groups in total. The first-order valence-electron chi connectivity index (χ1n) is 11.3. The van der Waals surface area contributed by atoms with E-state index < -0.39 is 24.9 Å². The van der Waals surface area contributed by atoms with E-state index in [2.05, 4.69) is 5.32 Å². The van der Waals surface area contributed by atoms with E-state index in [9.17, 15) is 4.79 Å². The standard InChI is InChI=1S/C29H28NO3P/c1-23(29(31)33-22-24-14-6-2-7-15-24)30-28(25-16-8-3-9-17-25)34(32,26-18-10-4-11-19-26)27-20-12-5-13-21-27/h2-21,23,28,30H,22H2,1H3/t23-,28+/m1/s1. The summed E-state index contributed by atoms with van der Waals surface area (Å²) in [6, 6.07) is 37.5. The lowest BCUT2D eigenvalue weighted by molar-refractivity contribution is -0.147. The second kappa shape index (κ2) is 11.1. The van der Waals surface area contributed by atoms with Crippen molar-refractivity contribution in [1.29, 1.82) is 0 Å². The Balaban J connectivity index is 1.69. The summed E-state index contributed by atoms with van der Waals surface area (Å²) >= 11 is 0. The molecule has 0 bridgehead atoms. The molecular formula is C29H28NO3P. The summed E-state index contributed by atoms with van der Waals surface area (Å²) in [7, 11) is -3.25. The molecule has 0 fully saturated rings. The number of hydrogen-bond donors (Lipinski definition) is 1. The lowest BCUT2D eigenvalue weighted by atomic mass is 10.2. The fraction of sp³-hybridized carbons (Fsp3) is 0.138. The summed E-state index contributed by atoms with van der Waals surface area (Å²) in [5.41, 5.74) is 1.77.